The maximum atomic E-state index is 13.3. The molecule has 0 bridgehead atoms. The fourth-order valence-corrected chi connectivity index (χ4v) is 6.75. The molecule has 0 atom stereocenters. The number of hydrogen-bond donors (Lipinski definition) is 1. The molecule has 5 rings (SSSR count). The Bertz CT molecular complexity index is 1620. The summed E-state index contributed by atoms with van der Waals surface area (Å²) in [5, 5.41) is 3.77. The molecular weight excluding hydrogens is 536 g/mol. The average Bonchev–Trinajstić information content (AvgIpc) is 3.23. The van der Waals surface area contributed by atoms with Gasteiger partial charge in [-0.15, -0.1) is 11.3 Å². The first-order valence-corrected chi connectivity index (χ1v) is 14.1. The highest BCUT2D eigenvalue weighted by Gasteiger charge is 2.26. The lowest BCUT2D eigenvalue weighted by Gasteiger charge is -2.26. The summed E-state index contributed by atoms with van der Waals surface area (Å²) in [4.78, 5) is 32.2. The smallest absolute Gasteiger partial charge is 0.263 e. The van der Waals surface area contributed by atoms with E-state index < -0.39 is 15.9 Å². The van der Waals surface area contributed by atoms with Gasteiger partial charge in [-0.1, -0.05) is 23.7 Å². The number of carbonyl (C=O) groups excluding carboxylic acids is 1. The van der Waals surface area contributed by atoms with Crippen LogP contribution >= 0.6 is 22.9 Å². The molecule has 12 heteroatoms. The van der Waals surface area contributed by atoms with Crippen LogP contribution < -0.4 is 10.9 Å². The van der Waals surface area contributed by atoms with Crippen LogP contribution in [0.3, 0.4) is 0 Å². The molecule has 1 saturated heterocycles. The number of benzene rings is 2. The molecule has 9 nitrogen and oxygen atoms in total. The molecule has 3 heterocycles. The van der Waals surface area contributed by atoms with Crippen LogP contribution in [0.5, 0.6) is 0 Å². The second-order valence-corrected chi connectivity index (χ2v) is 12.1. The Labute approximate surface area is 222 Å². The van der Waals surface area contributed by atoms with Crippen molar-refractivity contribution in [3.05, 3.63) is 75.1 Å². The maximum absolute atomic E-state index is 13.3. The number of aromatic nitrogens is 2. The van der Waals surface area contributed by atoms with Crippen LogP contribution in [0.1, 0.15) is 4.88 Å². The lowest BCUT2D eigenvalue weighted by atomic mass is 10.0. The van der Waals surface area contributed by atoms with E-state index in [0.29, 0.717) is 47.2 Å². The molecule has 37 heavy (non-hydrogen) atoms. The summed E-state index contributed by atoms with van der Waals surface area (Å²) in [5.74, 6) is -0.438. The highest BCUT2D eigenvalue weighted by Crippen LogP contribution is 2.35. The van der Waals surface area contributed by atoms with Gasteiger partial charge in [0, 0.05) is 34.2 Å². The second kappa shape index (κ2) is 10.3. The van der Waals surface area contributed by atoms with Gasteiger partial charge in [-0.25, -0.2) is 13.4 Å². The van der Waals surface area contributed by atoms with E-state index in [0.717, 1.165) is 16.0 Å². The maximum Gasteiger partial charge on any atom is 0.263 e. The number of fused-ring (bicyclic) bond motifs is 1. The molecular formula is C25H23ClN4O5S2. The number of nitrogens with one attached hydrogen (secondary N) is 1. The Balaban J connectivity index is 1.35. The number of nitrogens with zero attached hydrogens (tertiary/aromatic N) is 3. The van der Waals surface area contributed by atoms with Gasteiger partial charge in [0.05, 0.1) is 29.8 Å². The number of carbonyl (C=O) groups is 1. The molecule has 1 aliphatic rings. The van der Waals surface area contributed by atoms with E-state index in [1.165, 1.54) is 50.8 Å². The second-order valence-electron chi connectivity index (χ2n) is 8.49. The van der Waals surface area contributed by atoms with E-state index in [1.54, 1.807) is 12.1 Å². The molecule has 0 aliphatic carbocycles. The van der Waals surface area contributed by atoms with Crippen LogP contribution in [0.4, 0.5) is 5.69 Å². The third kappa shape index (κ3) is 5.18. The van der Waals surface area contributed by atoms with E-state index >= 15 is 0 Å². The topological polar surface area (TPSA) is 111 Å². The van der Waals surface area contributed by atoms with E-state index in [-0.39, 0.29) is 17.0 Å². The predicted molar refractivity (Wildman–Crippen MR) is 144 cm³/mol. The van der Waals surface area contributed by atoms with Crippen LogP contribution in [0.2, 0.25) is 5.02 Å². The van der Waals surface area contributed by atoms with Crippen molar-refractivity contribution in [3.8, 4) is 11.1 Å². The standard InChI is InChI=1S/C25H23ClN4O5S2/c1-16-22(17-2-4-18(26)5-3-17)23-24(36-16)27-15-29(25(23)32)14-21(31)28-19-6-8-20(9-7-19)37(33,34)30-10-12-35-13-11-30/h2-9,15H,10-14H2,1H3,(H,28,31). The van der Waals surface area contributed by atoms with Gasteiger partial charge >= 0.3 is 0 Å². The molecule has 2 aromatic heterocycles. The van der Waals surface area contributed by atoms with Crippen LogP contribution in [-0.4, -0.2) is 54.5 Å². The summed E-state index contributed by atoms with van der Waals surface area (Å²) >= 11 is 7.44. The van der Waals surface area contributed by atoms with Gasteiger partial charge < -0.3 is 10.1 Å². The van der Waals surface area contributed by atoms with Gasteiger partial charge in [-0.05, 0) is 48.9 Å². The third-order valence-corrected chi connectivity index (χ3v) is 9.23. The van der Waals surface area contributed by atoms with Crippen molar-refractivity contribution in [2.75, 3.05) is 31.6 Å². The molecule has 2 aromatic carbocycles. The molecule has 0 radical (unpaired) electrons. The molecule has 192 valence electrons. The zero-order valence-corrected chi connectivity index (χ0v) is 22.2. The van der Waals surface area contributed by atoms with Gasteiger partial charge in [0.25, 0.3) is 5.56 Å². The van der Waals surface area contributed by atoms with Crippen molar-refractivity contribution in [1.29, 1.82) is 0 Å². The Kier molecular flexibility index (Phi) is 7.15. The molecule has 1 aliphatic heterocycles. The minimum atomic E-state index is -3.63. The number of sulfonamides is 1. The molecule has 0 unspecified atom stereocenters. The number of anilines is 1. The van der Waals surface area contributed by atoms with Crippen molar-refractivity contribution in [2.45, 2.75) is 18.4 Å². The van der Waals surface area contributed by atoms with Crippen LogP contribution in [0, 0.1) is 6.92 Å². The zero-order valence-electron chi connectivity index (χ0n) is 19.8. The van der Waals surface area contributed by atoms with E-state index in [1.807, 2.05) is 19.1 Å². The van der Waals surface area contributed by atoms with Crippen molar-refractivity contribution in [1.82, 2.24) is 13.9 Å². The van der Waals surface area contributed by atoms with Gasteiger partial charge in [0.1, 0.15) is 11.4 Å². The fraction of sp³-hybridized carbons (Fsp3) is 0.240. The Morgan fingerprint density at radius 3 is 2.46 bits per heavy atom. The highest BCUT2D eigenvalue weighted by molar-refractivity contribution is 7.89. The Hall–Kier alpha value is -3.09. The Morgan fingerprint density at radius 1 is 1.11 bits per heavy atom. The number of ether oxygens (including phenoxy) is 1. The van der Waals surface area contributed by atoms with Crippen LogP contribution in [-0.2, 0) is 26.1 Å². The van der Waals surface area contributed by atoms with E-state index in [9.17, 15) is 18.0 Å². The van der Waals surface area contributed by atoms with E-state index in [2.05, 4.69) is 10.3 Å². The first kappa shape index (κ1) is 25.6. The minimum absolute atomic E-state index is 0.140. The summed E-state index contributed by atoms with van der Waals surface area (Å²) in [6, 6.07) is 13.2. The van der Waals surface area contributed by atoms with Gasteiger partial charge in [0.2, 0.25) is 15.9 Å². The van der Waals surface area contributed by atoms with Gasteiger partial charge in [-0.2, -0.15) is 4.31 Å². The third-order valence-electron chi connectivity index (χ3n) is 6.05. The number of aryl methyl sites for hydroxylation is 1. The predicted octanol–water partition coefficient (Wildman–Crippen LogP) is 3.75. The van der Waals surface area contributed by atoms with Crippen LogP contribution in [0.15, 0.2) is 64.5 Å². The molecule has 0 saturated carbocycles. The molecule has 1 fully saturated rings. The fourth-order valence-electron chi connectivity index (χ4n) is 4.22. The first-order chi connectivity index (χ1) is 17.7. The largest absolute Gasteiger partial charge is 0.379 e. The lowest BCUT2D eigenvalue weighted by Crippen LogP contribution is -2.40. The summed E-state index contributed by atoms with van der Waals surface area (Å²) < 4.78 is 33.4. The number of hydrogen-bond acceptors (Lipinski definition) is 7. The van der Waals surface area contributed by atoms with Gasteiger partial charge in [-0.3, -0.25) is 14.2 Å². The average molecular weight is 559 g/mol. The zero-order chi connectivity index (χ0) is 26.2. The summed E-state index contributed by atoms with van der Waals surface area (Å²) in [6.45, 7) is 3.01. The Morgan fingerprint density at radius 2 is 1.78 bits per heavy atom. The van der Waals surface area contributed by atoms with Crippen molar-refractivity contribution in [2.24, 2.45) is 0 Å². The SMILES string of the molecule is Cc1sc2ncn(CC(=O)Nc3ccc(S(=O)(=O)N4CCOCC4)cc3)c(=O)c2c1-c1ccc(Cl)cc1. The molecule has 1 N–H and O–H groups in total. The number of amides is 1. The molecule has 4 aromatic rings. The summed E-state index contributed by atoms with van der Waals surface area (Å²) in [5.41, 5.74) is 1.73. The number of rotatable bonds is 6. The summed E-state index contributed by atoms with van der Waals surface area (Å²) in [6.07, 6.45) is 1.36. The minimum Gasteiger partial charge on any atom is -0.379 e. The summed E-state index contributed by atoms with van der Waals surface area (Å²) in [7, 11) is -3.63. The lowest BCUT2D eigenvalue weighted by molar-refractivity contribution is -0.116. The van der Waals surface area contributed by atoms with Crippen molar-refractivity contribution >= 4 is 54.8 Å². The monoisotopic (exact) mass is 558 g/mol. The van der Waals surface area contributed by atoms with E-state index in [4.69, 9.17) is 16.3 Å². The number of halogens is 1. The van der Waals surface area contributed by atoms with Crippen molar-refractivity contribution in [3.63, 3.8) is 0 Å². The molecule has 1 amide bonds. The normalized spacial score (nSPS) is 14.6. The van der Waals surface area contributed by atoms with Crippen molar-refractivity contribution < 1.29 is 17.9 Å². The highest BCUT2D eigenvalue weighted by atomic mass is 35.5. The molecule has 0 spiro atoms. The van der Waals surface area contributed by atoms with Gasteiger partial charge in [0.15, 0.2) is 0 Å². The van der Waals surface area contributed by atoms with Crippen LogP contribution in [0.25, 0.3) is 21.3 Å². The quantitative estimate of drug-likeness (QED) is 0.386. The first-order valence-electron chi connectivity index (χ1n) is 11.5. The number of thiophene rings is 1. The number of morpholine rings is 1.